The number of nitrogens with zero attached hydrogens (tertiary/aromatic N) is 3. The number of guanidine groups is 3. The fourth-order valence-electron chi connectivity index (χ4n) is 6.24. The number of hydrogen-bond acceptors (Lipinski definition) is 13. The second kappa shape index (κ2) is 26.4. The maximum Gasteiger partial charge on any atom is 0.255 e. The molecule has 0 heterocycles. The number of ether oxygens (including phenoxy) is 3. The van der Waals surface area contributed by atoms with Gasteiger partial charge in [0.2, 0.25) is 23.6 Å². The molecule has 0 aromatic heterocycles. The van der Waals surface area contributed by atoms with Gasteiger partial charge in [0.25, 0.3) is 11.8 Å². The van der Waals surface area contributed by atoms with Crippen molar-refractivity contribution in [3.8, 4) is 17.2 Å². The van der Waals surface area contributed by atoms with Gasteiger partial charge in [0.15, 0.2) is 17.9 Å². The number of rotatable bonds is 26. The number of amides is 6. The zero-order valence-electron chi connectivity index (χ0n) is 37.4. The predicted octanol–water partition coefficient (Wildman–Crippen LogP) is -1.29. The van der Waals surface area contributed by atoms with Crippen LogP contribution in [0.25, 0.3) is 0 Å². The Morgan fingerprint density at radius 1 is 0.522 bits per heavy atom. The summed E-state index contributed by atoms with van der Waals surface area (Å²) in [6.45, 7) is 0.533. The Morgan fingerprint density at radius 3 is 1.34 bits per heavy atom. The molecule has 0 fully saturated rings. The zero-order valence-corrected chi connectivity index (χ0v) is 37.4. The summed E-state index contributed by atoms with van der Waals surface area (Å²) in [6, 6.07) is 9.40. The van der Waals surface area contributed by atoms with E-state index in [0.29, 0.717) is 6.42 Å². The van der Waals surface area contributed by atoms with E-state index in [2.05, 4.69) is 41.6 Å². The number of primary amides is 1. The van der Waals surface area contributed by atoms with Gasteiger partial charge in [0.1, 0.15) is 29.3 Å². The SMILES string of the molecule is COc1ccc(C(N)=O)cc1NC(=O)[C@@H](CCCN=C(N)N)NC(=O)c1cc(NC(=O)[C@@H](CCCN=C(N)N)NC(=O)c2cc(NC(=O)[C@H](N)CCCN=C(N)N)ccc2OC)ccc1OC. The molecule has 0 aliphatic carbocycles. The second-order valence-electron chi connectivity index (χ2n) is 14.6. The van der Waals surface area contributed by atoms with Gasteiger partial charge in [-0.15, -0.1) is 0 Å². The number of hydrogen-bond donors (Lipinski definition) is 13. The smallest absolute Gasteiger partial charge is 0.255 e. The quantitative estimate of drug-likeness (QED) is 0.0253. The molecule has 0 bridgehead atoms. The van der Waals surface area contributed by atoms with Crippen molar-refractivity contribution in [2.45, 2.75) is 56.7 Å². The van der Waals surface area contributed by atoms with Crippen LogP contribution in [0.4, 0.5) is 17.1 Å². The Balaban J connectivity index is 1.89. The van der Waals surface area contributed by atoms with Crippen LogP contribution < -0.4 is 86.7 Å². The van der Waals surface area contributed by atoms with E-state index < -0.39 is 53.6 Å². The van der Waals surface area contributed by atoms with Gasteiger partial charge in [0.05, 0.1) is 44.2 Å². The molecular weight excluding hydrogens is 873 g/mol. The molecule has 0 aliphatic rings. The van der Waals surface area contributed by atoms with Crippen molar-refractivity contribution in [3.63, 3.8) is 0 Å². The van der Waals surface area contributed by atoms with Gasteiger partial charge in [-0.1, -0.05) is 0 Å². The fraction of sp³-hybridized carbons (Fsp3) is 0.357. The number of carbonyl (C=O) groups is 6. The summed E-state index contributed by atoms with van der Waals surface area (Å²) in [4.78, 5) is 92.2. The number of carbonyl (C=O) groups excluding carboxylic acids is 6. The van der Waals surface area contributed by atoms with E-state index in [0.717, 1.165) is 0 Å². The molecule has 3 aromatic rings. The Morgan fingerprint density at radius 2 is 0.925 bits per heavy atom. The van der Waals surface area contributed by atoms with E-state index in [9.17, 15) is 28.8 Å². The fourth-order valence-corrected chi connectivity index (χ4v) is 6.24. The monoisotopic (exact) mass is 932 g/mol. The Labute approximate surface area is 386 Å². The molecule has 21 N–H and O–H groups in total. The van der Waals surface area contributed by atoms with Gasteiger partial charge in [-0.05, 0) is 93.1 Å². The summed E-state index contributed by atoms with van der Waals surface area (Å²) in [6.07, 6.45) is 1.29. The average Bonchev–Trinajstić information content (AvgIpc) is 3.29. The molecular formula is C42H60N16O9. The van der Waals surface area contributed by atoms with Crippen molar-refractivity contribution < 1.29 is 43.0 Å². The number of aliphatic imine (C=N–C) groups is 3. The van der Waals surface area contributed by atoms with Crippen LogP contribution >= 0.6 is 0 Å². The first-order valence-corrected chi connectivity index (χ1v) is 20.7. The molecule has 0 saturated carbocycles. The Kier molecular flexibility index (Phi) is 20.9. The van der Waals surface area contributed by atoms with Crippen LogP contribution in [-0.2, 0) is 14.4 Å². The van der Waals surface area contributed by atoms with Crippen LogP contribution in [0, 0.1) is 0 Å². The molecule has 0 aliphatic heterocycles. The molecule has 0 radical (unpaired) electrons. The van der Waals surface area contributed by atoms with Crippen LogP contribution in [0.5, 0.6) is 17.2 Å². The normalized spacial score (nSPS) is 11.8. The van der Waals surface area contributed by atoms with Crippen LogP contribution in [-0.4, -0.2) is 112 Å². The number of benzene rings is 3. The molecule has 25 heteroatoms. The lowest BCUT2D eigenvalue weighted by atomic mass is 10.1. The van der Waals surface area contributed by atoms with Gasteiger partial charge in [-0.25, -0.2) is 0 Å². The van der Waals surface area contributed by atoms with Crippen molar-refractivity contribution in [3.05, 3.63) is 71.3 Å². The number of anilines is 3. The molecule has 0 spiro atoms. The van der Waals surface area contributed by atoms with E-state index in [1.54, 1.807) is 0 Å². The highest BCUT2D eigenvalue weighted by atomic mass is 16.5. The molecule has 3 aromatic carbocycles. The van der Waals surface area contributed by atoms with Crippen LogP contribution in [0.3, 0.4) is 0 Å². The van der Waals surface area contributed by atoms with Crippen molar-refractivity contribution in [2.24, 2.45) is 60.8 Å². The lowest BCUT2D eigenvalue weighted by molar-refractivity contribution is -0.118. The summed E-state index contributed by atoms with van der Waals surface area (Å²) in [5.74, 6) is -4.17. The van der Waals surface area contributed by atoms with Crippen molar-refractivity contribution >= 4 is 70.4 Å². The van der Waals surface area contributed by atoms with E-state index >= 15 is 0 Å². The minimum atomic E-state index is -1.22. The standard InChI is InChI=1S/C42H60N16O9/c1-65-31-14-11-23(54-37(62)27(43)7-4-16-51-40(45)46)20-25(31)35(60)56-28(8-5-17-52-41(47)48)38(63)55-24-12-15-32(66-2)26(21-24)36(61)57-29(9-6-18-53-42(49)50)39(64)58-30-19-22(34(44)59)10-13-33(30)67-3/h10-15,19-21,27-29H,4-9,16-18,43H2,1-3H3,(H2,44,59)(H,54,62)(H,55,63)(H,56,60)(H,57,61)(H,58,64)(H4,45,46,51)(H4,47,48,52)(H4,49,50,53)/t27-,28-,29-/m1/s1. The van der Waals surface area contributed by atoms with E-state index in [1.165, 1.54) is 75.9 Å². The maximum absolute atomic E-state index is 14.0. The molecule has 25 nitrogen and oxygen atoms in total. The molecule has 67 heavy (non-hydrogen) atoms. The van der Waals surface area contributed by atoms with Gasteiger partial charge >= 0.3 is 0 Å². The van der Waals surface area contributed by atoms with Gasteiger partial charge < -0.3 is 86.7 Å². The third-order valence-corrected chi connectivity index (χ3v) is 9.60. The lowest BCUT2D eigenvalue weighted by Gasteiger charge is -2.21. The van der Waals surface area contributed by atoms with E-state index in [1.807, 2.05) is 0 Å². The van der Waals surface area contributed by atoms with Gasteiger partial charge in [-0.3, -0.25) is 43.7 Å². The average molecular weight is 933 g/mol. The third kappa shape index (κ3) is 17.3. The summed E-state index contributed by atoms with van der Waals surface area (Å²) >= 11 is 0. The summed E-state index contributed by atoms with van der Waals surface area (Å²) in [5.41, 5.74) is 44.5. The van der Waals surface area contributed by atoms with E-state index in [4.69, 9.17) is 60.1 Å². The van der Waals surface area contributed by atoms with Gasteiger partial charge in [0, 0.05) is 36.6 Å². The first-order chi connectivity index (χ1) is 31.9. The first kappa shape index (κ1) is 53.0. The summed E-state index contributed by atoms with van der Waals surface area (Å²) < 4.78 is 16.2. The largest absolute Gasteiger partial charge is 0.496 e. The predicted molar refractivity (Wildman–Crippen MR) is 254 cm³/mol. The third-order valence-electron chi connectivity index (χ3n) is 9.60. The Hall–Kier alpha value is -8.35. The molecule has 0 unspecified atom stereocenters. The van der Waals surface area contributed by atoms with Crippen molar-refractivity contribution in [1.82, 2.24) is 10.6 Å². The highest BCUT2D eigenvalue weighted by Crippen LogP contribution is 2.28. The van der Waals surface area contributed by atoms with E-state index in [-0.39, 0.29) is 121 Å². The molecule has 0 saturated heterocycles. The van der Waals surface area contributed by atoms with Gasteiger partial charge in [-0.2, -0.15) is 0 Å². The highest BCUT2D eigenvalue weighted by Gasteiger charge is 2.27. The molecule has 362 valence electrons. The number of methoxy groups -OCH3 is 3. The molecule has 3 rings (SSSR count). The lowest BCUT2D eigenvalue weighted by Crippen LogP contribution is -2.44. The van der Waals surface area contributed by atoms with Crippen molar-refractivity contribution in [2.75, 3.05) is 56.9 Å². The summed E-state index contributed by atoms with van der Waals surface area (Å²) in [5, 5.41) is 13.5. The van der Waals surface area contributed by atoms with Crippen LogP contribution in [0.15, 0.2) is 69.6 Å². The van der Waals surface area contributed by atoms with Crippen LogP contribution in [0.2, 0.25) is 0 Å². The topological polar surface area (TPSA) is 435 Å². The van der Waals surface area contributed by atoms with Crippen molar-refractivity contribution in [1.29, 1.82) is 0 Å². The maximum atomic E-state index is 14.0. The highest BCUT2D eigenvalue weighted by molar-refractivity contribution is 6.06. The number of nitrogens with one attached hydrogen (secondary N) is 5. The number of nitrogens with two attached hydrogens (primary N) is 8. The molecule has 6 amide bonds. The first-order valence-electron chi connectivity index (χ1n) is 20.7. The Bertz CT molecular complexity index is 2330. The zero-order chi connectivity index (χ0) is 49.6. The summed E-state index contributed by atoms with van der Waals surface area (Å²) in [7, 11) is 4.03. The minimum absolute atomic E-state index is 0.0250. The second-order valence-corrected chi connectivity index (χ2v) is 14.6. The van der Waals surface area contributed by atoms with Crippen LogP contribution in [0.1, 0.15) is 69.6 Å². The molecule has 3 atom stereocenters. The minimum Gasteiger partial charge on any atom is -0.496 e.